The minimum atomic E-state index is -0.354. The molecule has 1 saturated heterocycles. The summed E-state index contributed by atoms with van der Waals surface area (Å²) >= 11 is 0. The Hall–Kier alpha value is -2.47. The molecule has 0 radical (unpaired) electrons. The summed E-state index contributed by atoms with van der Waals surface area (Å²) < 4.78 is 0. The molecule has 1 aromatic heterocycles. The van der Waals surface area contributed by atoms with Gasteiger partial charge >= 0.3 is 0 Å². The van der Waals surface area contributed by atoms with Crippen LogP contribution in [-0.4, -0.2) is 63.5 Å². The number of piperidine rings is 1. The molecule has 2 aromatic rings. The fraction of sp³-hybridized carbons (Fsp3) is 0.577. The lowest BCUT2D eigenvalue weighted by atomic mass is 9.71. The zero-order valence-corrected chi connectivity index (χ0v) is 19.6. The first-order valence-corrected chi connectivity index (χ1v) is 12.0. The molecule has 1 N–H and O–H groups in total. The van der Waals surface area contributed by atoms with Crippen LogP contribution in [0.2, 0.25) is 0 Å². The molecule has 1 amide bonds. The van der Waals surface area contributed by atoms with E-state index in [0.29, 0.717) is 17.5 Å². The Morgan fingerprint density at radius 3 is 2.53 bits per heavy atom. The topological polar surface area (TPSA) is 69.6 Å². The van der Waals surface area contributed by atoms with E-state index in [0.717, 1.165) is 56.7 Å². The Morgan fingerprint density at radius 2 is 1.94 bits per heavy atom. The van der Waals surface area contributed by atoms with Crippen LogP contribution >= 0.6 is 0 Å². The minimum absolute atomic E-state index is 0.00909. The van der Waals surface area contributed by atoms with Crippen molar-refractivity contribution in [2.45, 2.75) is 63.8 Å². The maximum absolute atomic E-state index is 12.7. The van der Waals surface area contributed by atoms with Crippen molar-refractivity contribution in [1.82, 2.24) is 19.8 Å². The monoisotopic (exact) mass is 436 g/mol. The van der Waals surface area contributed by atoms with Crippen LogP contribution in [0, 0.1) is 5.92 Å². The minimum Gasteiger partial charge on any atom is -0.508 e. The van der Waals surface area contributed by atoms with Gasteiger partial charge in [0, 0.05) is 32.0 Å². The van der Waals surface area contributed by atoms with Crippen molar-refractivity contribution in [2.75, 3.05) is 26.7 Å². The first kappa shape index (κ1) is 22.7. The first-order valence-electron chi connectivity index (χ1n) is 12.0. The highest BCUT2D eigenvalue weighted by Gasteiger charge is 2.41. The van der Waals surface area contributed by atoms with Crippen LogP contribution in [0.3, 0.4) is 0 Å². The van der Waals surface area contributed by atoms with E-state index in [1.54, 1.807) is 23.4 Å². The molecule has 6 nitrogen and oxygen atoms in total. The number of aromatic nitrogens is 2. The van der Waals surface area contributed by atoms with Crippen molar-refractivity contribution in [3.05, 3.63) is 53.6 Å². The summed E-state index contributed by atoms with van der Waals surface area (Å²) in [6.07, 6.45) is 9.78. The van der Waals surface area contributed by atoms with Crippen LogP contribution in [0.4, 0.5) is 0 Å². The molecule has 1 aliphatic carbocycles. The van der Waals surface area contributed by atoms with Gasteiger partial charge in [-0.3, -0.25) is 4.79 Å². The number of carbonyl (C=O) groups excluding carboxylic acids is 1. The van der Waals surface area contributed by atoms with Gasteiger partial charge in [-0.15, -0.1) is 0 Å². The first-order chi connectivity index (χ1) is 15.4. The molecule has 2 heterocycles. The van der Waals surface area contributed by atoms with Gasteiger partial charge in [0.25, 0.3) is 5.91 Å². The number of rotatable bonds is 8. The number of aromatic hydroxyl groups is 1. The number of amides is 1. The maximum atomic E-state index is 12.7. The van der Waals surface area contributed by atoms with Gasteiger partial charge < -0.3 is 14.9 Å². The van der Waals surface area contributed by atoms with E-state index in [-0.39, 0.29) is 17.1 Å². The highest BCUT2D eigenvalue weighted by Crippen LogP contribution is 2.41. The molecule has 32 heavy (non-hydrogen) atoms. The standard InChI is InChI=1S/C26H36N4O2/c1-4-6-19(2)18-30-13-11-26(12-14-30,21-7-5-8-23(31)15-21)25-27-16-20(17-28-25)24(32)29(3)22-9-10-22/h5,7-8,15-17,19,22,31H,4,6,9-14,18H2,1-3H3. The lowest BCUT2D eigenvalue weighted by molar-refractivity contribution is 0.0784. The summed E-state index contributed by atoms with van der Waals surface area (Å²) in [5.74, 6) is 1.69. The lowest BCUT2D eigenvalue weighted by Gasteiger charge is -2.42. The molecule has 1 unspecified atom stereocenters. The maximum Gasteiger partial charge on any atom is 0.256 e. The SMILES string of the molecule is CCCC(C)CN1CCC(c2cccc(O)c2)(c2ncc(C(=O)N(C)C3CC3)cn2)CC1. The van der Waals surface area contributed by atoms with Gasteiger partial charge in [-0.25, -0.2) is 9.97 Å². The Morgan fingerprint density at radius 1 is 1.25 bits per heavy atom. The fourth-order valence-corrected chi connectivity index (χ4v) is 5.10. The fourth-order valence-electron chi connectivity index (χ4n) is 5.10. The zero-order chi connectivity index (χ0) is 22.7. The lowest BCUT2D eigenvalue weighted by Crippen LogP contribution is -2.45. The number of hydrogen-bond acceptors (Lipinski definition) is 5. The number of phenolic OH excluding ortho intramolecular Hbond substituents is 1. The van der Waals surface area contributed by atoms with E-state index >= 15 is 0 Å². The van der Waals surface area contributed by atoms with Crippen molar-refractivity contribution in [3.63, 3.8) is 0 Å². The Bertz CT molecular complexity index is 918. The van der Waals surface area contributed by atoms with Crippen molar-refractivity contribution in [2.24, 2.45) is 5.92 Å². The van der Waals surface area contributed by atoms with E-state index in [9.17, 15) is 9.90 Å². The second-order valence-corrected chi connectivity index (χ2v) is 9.77. The average Bonchev–Trinajstić information content (AvgIpc) is 3.65. The molecule has 2 fully saturated rings. The molecule has 6 heteroatoms. The van der Waals surface area contributed by atoms with Crippen LogP contribution in [0.15, 0.2) is 36.7 Å². The Labute approximate surface area is 191 Å². The molecule has 0 spiro atoms. The predicted octanol–water partition coefficient (Wildman–Crippen LogP) is 4.23. The van der Waals surface area contributed by atoms with E-state index in [1.165, 1.54) is 12.8 Å². The molecule has 2 aliphatic rings. The van der Waals surface area contributed by atoms with Crippen molar-refractivity contribution in [1.29, 1.82) is 0 Å². The quantitative estimate of drug-likeness (QED) is 0.670. The molecule has 172 valence electrons. The third-order valence-electron chi connectivity index (χ3n) is 7.20. The van der Waals surface area contributed by atoms with E-state index in [4.69, 9.17) is 9.97 Å². The molecular weight excluding hydrogens is 400 g/mol. The third-order valence-corrected chi connectivity index (χ3v) is 7.20. The summed E-state index contributed by atoms with van der Waals surface area (Å²) in [6, 6.07) is 7.87. The van der Waals surface area contributed by atoms with Gasteiger partial charge in [0.05, 0.1) is 11.0 Å². The summed E-state index contributed by atoms with van der Waals surface area (Å²) in [4.78, 5) is 26.5. The summed E-state index contributed by atoms with van der Waals surface area (Å²) in [7, 11) is 1.86. The number of phenols is 1. The van der Waals surface area contributed by atoms with E-state index in [2.05, 4.69) is 24.8 Å². The molecular formula is C26H36N4O2. The number of likely N-dealkylation sites (tertiary alicyclic amines) is 1. The second kappa shape index (κ2) is 9.57. The van der Waals surface area contributed by atoms with Crippen molar-refractivity contribution < 1.29 is 9.90 Å². The molecule has 0 bridgehead atoms. The Balaban J connectivity index is 1.57. The summed E-state index contributed by atoms with van der Waals surface area (Å²) in [6.45, 7) is 7.63. The molecule has 1 aliphatic heterocycles. The second-order valence-electron chi connectivity index (χ2n) is 9.77. The highest BCUT2D eigenvalue weighted by molar-refractivity contribution is 5.93. The zero-order valence-electron chi connectivity index (χ0n) is 19.6. The van der Waals surface area contributed by atoms with Crippen LogP contribution < -0.4 is 0 Å². The average molecular weight is 437 g/mol. The predicted molar refractivity (Wildman–Crippen MR) is 126 cm³/mol. The Kier molecular flexibility index (Phi) is 6.79. The molecule has 1 atom stereocenters. The van der Waals surface area contributed by atoms with Gasteiger partial charge in [-0.2, -0.15) is 0 Å². The summed E-state index contributed by atoms with van der Waals surface area (Å²) in [5, 5.41) is 10.2. The summed E-state index contributed by atoms with van der Waals surface area (Å²) in [5.41, 5.74) is 1.24. The molecule has 1 saturated carbocycles. The number of hydrogen-bond donors (Lipinski definition) is 1. The smallest absolute Gasteiger partial charge is 0.256 e. The van der Waals surface area contributed by atoms with Gasteiger partial charge in [-0.1, -0.05) is 32.4 Å². The van der Waals surface area contributed by atoms with Crippen molar-refractivity contribution >= 4 is 5.91 Å². The number of carbonyl (C=O) groups is 1. The van der Waals surface area contributed by atoms with Crippen LogP contribution in [-0.2, 0) is 5.41 Å². The van der Waals surface area contributed by atoms with E-state index < -0.39 is 0 Å². The van der Waals surface area contributed by atoms with Gasteiger partial charge in [0.2, 0.25) is 0 Å². The normalized spacial score (nSPS) is 19.5. The van der Waals surface area contributed by atoms with Crippen LogP contribution in [0.25, 0.3) is 0 Å². The molecule has 4 rings (SSSR count). The third kappa shape index (κ3) is 4.80. The number of benzene rings is 1. The molecule has 1 aromatic carbocycles. The largest absolute Gasteiger partial charge is 0.508 e. The van der Waals surface area contributed by atoms with E-state index in [1.807, 2.05) is 19.2 Å². The van der Waals surface area contributed by atoms with Gasteiger partial charge in [-0.05, 0) is 68.8 Å². The van der Waals surface area contributed by atoms with Crippen molar-refractivity contribution in [3.8, 4) is 5.75 Å². The number of nitrogens with zero attached hydrogens (tertiary/aromatic N) is 4. The van der Waals surface area contributed by atoms with Gasteiger partial charge in [0.15, 0.2) is 0 Å². The van der Waals surface area contributed by atoms with Crippen LogP contribution in [0.1, 0.15) is 74.1 Å². The highest BCUT2D eigenvalue weighted by atomic mass is 16.3. The van der Waals surface area contributed by atoms with Gasteiger partial charge in [0.1, 0.15) is 11.6 Å². The van der Waals surface area contributed by atoms with Crippen LogP contribution in [0.5, 0.6) is 5.75 Å².